The summed E-state index contributed by atoms with van der Waals surface area (Å²) in [5.74, 6) is 0.296. The first-order valence-electron chi connectivity index (χ1n) is 7.55. The normalized spacial score (nSPS) is 28.6. The van der Waals surface area contributed by atoms with E-state index in [-0.39, 0.29) is 0 Å². The van der Waals surface area contributed by atoms with Crippen LogP contribution in [0.1, 0.15) is 39.0 Å². The first-order chi connectivity index (χ1) is 8.78. The molecule has 0 aromatic rings. The summed E-state index contributed by atoms with van der Waals surface area (Å²) in [4.78, 5) is 16.7. The second kappa shape index (κ2) is 5.17. The lowest BCUT2D eigenvalue weighted by Gasteiger charge is -2.22. The van der Waals surface area contributed by atoms with Crippen LogP contribution in [0.25, 0.3) is 0 Å². The summed E-state index contributed by atoms with van der Waals surface area (Å²) in [6, 6.07) is 1.95. The SMILES string of the molecule is CCN(C(=O)CNC1CCN(C2CC2)C1)C1CC1. The van der Waals surface area contributed by atoms with Crippen LogP contribution in [0.4, 0.5) is 0 Å². The number of rotatable bonds is 6. The van der Waals surface area contributed by atoms with Crippen LogP contribution in [0.3, 0.4) is 0 Å². The minimum Gasteiger partial charge on any atom is -0.339 e. The predicted octanol–water partition coefficient (Wildman–Crippen LogP) is 0.824. The maximum atomic E-state index is 12.1. The van der Waals surface area contributed by atoms with Crippen LogP contribution >= 0.6 is 0 Å². The molecule has 0 bridgehead atoms. The Hall–Kier alpha value is -0.610. The van der Waals surface area contributed by atoms with Crippen LogP contribution < -0.4 is 5.32 Å². The lowest BCUT2D eigenvalue weighted by molar-refractivity contribution is -0.130. The molecule has 1 aliphatic heterocycles. The molecule has 1 amide bonds. The molecule has 3 aliphatic rings. The van der Waals surface area contributed by atoms with Crippen molar-refractivity contribution >= 4 is 5.91 Å². The standard InChI is InChI=1S/C14H25N3O/c1-2-17(13-5-6-13)14(18)9-15-11-7-8-16(10-11)12-3-4-12/h11-13,15H,2-10H2,1H3. The average molecular weight is 251 g/mol. The molecule has 3 rings (SSSR count). The van der Waals surface area contributed by atoms with Gasteiger partial charge in [0.05, 0.1) is 6.54 Å². The highest BCUT2D eigenvalue weighted by Gasteiger charge is 2.35. The van der Waals surface area contributed by atoms with Crippen LogP contribution in [-0.2, 0) is 4.79 Å². The minimum atomic E-state index is 0.296. The van der Waals surface area contributed by atoms with E-state index in [1.165, 1.54) is 38.6 Å². The molecule has 0 radical (unpaired) electrons. The van der Waals surface area contributed by atoms with E-state index in [4.69, 9.17) is 0 Å². The van der Waals surface area contributed by atoms with Gasteiger partial charge in [-0.25, -0.2) is 0 Å². The van der Waals surface area contributed by atoms with Crippen molar-refractivity contribution in [2.75, 3.05) is 26.2 Å². The molecule has 1 unspecified atom stereocenters. The molecule has 18 heavy (non-hydrogen) atoms. The number of nitrogens with one attached hydrogen (secondary N) is 1. The van der Waals surface area contributed by atoms with Gasteiger partial charge in [0.15, 0.2) is 0 Å². The molecule has 4 heteroatoms. The quantitative estimate of drug-likeness (QED) is 0.759. The molecule has 0 aromatic heterocycles. The van der Waals surface area contributed by atoms with Gasteiger partial charge < -0.3 is 10.2 Å². The molecule has 1 atom stereocenters. The topological polar surface area (TPSA) is 35.6 Å². The van der Waals surface area contributed by atoms with E-state index in [0.717, 1.165) is 19.1 Å². The van der Waals surface area contributed by atoms with Gasteiger partial charge in [-0.1, -0.05) is 0 Å². The molecule has 3 fully saturated rings. The number of carbonyl (C=O) groups is 1. The highest BCUT2D eigenvalue weighted by atomic mass is 16.2. The van der Waals surface area contributed by atoms with Crippen LogP contribution in [0.2, 0.25) is 0 Å². The number of hydrogen-bond acceptors (Lipinski definition) is 3. The summed E-state index contributed by atoms with van der Waals surface area (Å²) in [5, 5.41) is 3.46. The smallest absolute Gasteiger partial charge is 0.236 e. The molecule has 4 nitrogen and oxygen atoms in total. The zero-order chi connectivity index (χ0) is 12.5. The highest BCUT2D eigenvalue weighted by Crippen LogP contribution is 2.30. The number of hydrogen-bond donors (Lipinski definition) is 1. The summed E-state index contributed by atoms with van der Waals surface area (Å²) >= 11 is 0. The van der Waals surface area contributed by atoms with Crippen molar-refractivity contribution in [3.05, 3.63) is 0 Å². The molecule has 0 aromatic carbocycles. The fraction of sp³-hybridized carbons (Fsp3) is 0.929. The third-order valence-corrected chi connectivity index (χ3v) is 4.47. The third kappa shape index (κ3) is 2.86. The fourth-order valence-electron chi connectivity index (χ4n) is 3.08. The number of likely N-dealkylation sites (N-methyl/N-ethyl adjacent to an activating group) is 1. The summed E-state index contributed by atoms with van der Waals surface area (Å²) in [6.45, 7) is 5.85. The number of amides is 1. The maximum Gasteiger partial charge on any atom is 0.236 e. The number of likely N-dealkylation sites (tertiary alicyclic amines) is 1. The van der Waals surface area contributed by atoms with Gasteiger partial charge in [-0.2, -0.15) is 0 Å². The summed E-state index contributed by atoms with van der Waals surface area (Å²) in [5.41, 5.74) is 0. The largest absolute Gasteiger partial charge is 0.339 e. The maximum absolute atomic E-state index is 12.1. The lowest BCUT2D eigenvalue weighted by atomic mass is 10.2. The second-order valence-corrected chi connectivity index (χ2v) is 6.00. The first kappa shape index (κ1) is 12.4. The Bertz CT molecular complexity index is 312. The fourth-order valence-corrected chi connectivity index (χ4v) is 3.08. The monoisotopic (exact) mass is 251 g/mol. The van der Waals surface area contributed by atoms with Crippen LogP contribution in [0.5, 0.6) is 0 Å². The van der Waals surface area contributed by atoms with Crippen molar-refractivity contribution in [1.82, 2.24) is 15.1 Å². The van der Waals surface area contributed by atoms with Crippen LogP contribution in [0, 0.1) is 0 Å². The number of nitrogens with zero attached hydrogens (tertiary/aromatic N) is 2. The molecule has 1 N–H and O–H groups in total. The Morgan fingerprint density at radius 2 is 2.06 bits per heavy atom. The van der Waals surface area contributed by atoms with Crippen molar-refractivity contribution in [3.8, 4) is 0 Å². The molecular formula is C14H25N3O. The van der Waals surface area contributed by atoms with Gasteiger partial charge in [-0.3, -0.25) is 9.69 Å². The predicted molar refractivity (Wildman–Crippen MR) is 71.4 cm³/mol. The lowest BCUT2D eigenvalue weighted by Crippen LogP contribution is -2.43. The molecule has 2 saturated carbocycles. The van der Waals surface area contributed by atoms with Gasteiger partial charge in [-0.15, -0.1) is 0 Å². The van der Waals surface area contributed by atoms with Gasteiger partial charge in [0.25, 0.3) is 0 Å². The Kier molecular flexibility index (Phi) is 3.57. The summed E-state index contributed by atoms with van der Waals surface area (Å²) in [7, 11) is 0. The van der Waals surface area contributed by atoms with Crippen molar-refractivity contribution in [2.45, 2.75) is 57.2 Å². The van der Waals surface area contributed by atoms with Crippen LogP contribution in [0.15, 0.2) is 0 Å². The second-order valence-electron chi connectivity index (χ2n) is 6.00. The molecular weight excluding hydrogens is 226 g/mol. The van der Waals surface area contributed by atoms with Crippen molar-refractivity contribution in [3.63, 3.8) is 0 Å². The van der Waals surface area contributed by atoms with Gasteiger partial charge in [0.2, 0.25) is 5.91 Å². The molecule has 102 valence electrons. The first-order valence-corrected chi connectivity index (χ1v) is 7.55. The van der Waals surface area contributed by atoms with Gasteiger partial charge in [0.1, 0.15) is 0 Å². The summed E-state index contributed by atoms with van der Waals surface area (Å²) in [6.07, 6.45) is 6.39. The third-order valence-electron chi connectivity index (χ3n) is 4.47. The Morgan fingerprint density at radius 3 is 2.67 bits per heavy atom. The average Bonchev–Trinajstić information content (AvgIpc) is 3.28. The van der Waals surface area contributed by atoms with Gasteiger partial charge in [0, 0.05) is 37.8 Å². The van der Waals surface area contributed by atoms with Crippen molar-refractivity contribution in [2.24, 2.45) is 0 Å². The van der Waals surface area contributed by atoms with E-state index in [1.54, 1.807) is 0 Å². The van der Waals surface area contributed by atoms with Crippen molar-refractivity contribution in [1.29, 1.82) is 0 Å². The Morgan fingerprint density at radius 1 is 1.28 bits per heavy atom. The highest BCUT2D eigenvalue weighted by molar-refractivity contribution is 5.78. The number of carbonyl (C=O) groups excluding carboxylic acids is 1. The van der Waals surface area contributed by atoms with E-state index < -0.39 is 0 Å². The summed E-state index contributed by atoms with van der Waals surface area (Å²) < 4.78 is 0. The van der Waals surface area contributed by atoms with Gasteiger partial charge in [-0.05, 0) is 39.0 Å². The van der Waals surface area contributed by atoms with Gasteiger partial charge >= 0.3 is 0 Å². The van der Waals surface area contributed by atoms with E-state index in [9.17, 15) is 4.79 Å². The van der Waals surface area contributed by atoms with E-state index in [2.05, 4.69) is 17.1 Å². The van der Waals surface area contributed by atoms with E-state index in [1.807, 2.05) is 4.90 Å². The van der Waals surface area contributed by atoms with Crippen LogP contribution in [-0.4, -0.2) is 60.0 Å². The minimum absolute atomic E-state index is 0.296. The molecule has 1 saturated heterocycles. The molecule has 2 aliphatic carbocycles. The zero-order valence-electron chi connectivity index (χ0n) is 11.4. The zero-order valence-corrected chi connectivity index (χ0v) is 11.4. The van der Waals surface area contributed by atoms with Crippen molar-refractivity contribution < 1.29 is 4.79 Å². The van der Waals surface area contributed by atoms with E-state index >= 15 is 0 Å². The molecule has 1 heterocycles. The Labute approximate surface area is 110 Å². The Balaban J connectivity index is 1.39. The molecule has 0 spiro atoms. The van der Waals surface area contributed by atoms with E-state index in [0.29, 0.717) is 24.5 Å².